The van der Waals surface area contributed by atoms with Crippen molar-refractivity contribution < 1.29 is 28.2 Å². The molecule has 0 spiro atoms. The Balaban J connectivity index is 0.00000298. The van der Waals surface area contributed by atoms with Crippen molar-refractivity contribution in [3.8, 4) is 0 Å². The van der Waals surface area contributed by atoms with Gasteiger partial charge in [0.15, 0.2) is 0 Å². The lowest BCUT2D eigenvalue weighted by Gasteiger charge is -2.29. The van der Waals surface area contributed by atoms with Crippen molar-refractivity contribution in [1.82, 2.24) is 4.90 Å². The molecule has 0 aliphatic carbocycles. The lowest BCUT2D eigenvalue weighted by molar-refractivity contribution is -0.137. The number of unbranched alkanes of at least 4 members (excludes halogenated alkanes) is 2. The summed E-state index contributed by atoms with van der Waals surface area (Å²) in [4.78, 5) is 13.9. The molecule has 0 fully saturated rings. The number of carboxylic acid groups (broad SMARTS) is 1. The van der Waals surface area contributed by atoms with Crippen molar-refractivity contribution in [2.75, 3.05) is 26.0 Å². The average molecular weight is 516 g/mol. The molecule has 1 aliphatic heterocycles. The van der Waals surface area contributed by atoms with Crippen LogP contribution in [0, 0.1) is 0 Å². The molecular formula is C27H40F3NO3S. The van der Waals surface area contributed by atoms with E-state index in [1.807, 2.05) is 6.08 Å². The van der Waals surface area contributed by atoms with Gasteiger partial charge in [0.05, 0.1) is 10.5 Å². The standard InChI is InChI=1S/C26H36F3NO2S.CH4O/c1-3-4-16-30(17-8-12-22-14-15-24(25(31)32)33-19-22)20(2)9-5-6-10-21-11-7-13-23(18-21)26(27,28)29;1-2/h7,11,13-15,18,20H,3-6,8-10,12,16-17,19H2,1-2H3,(H,31,32);2H,1H3. The minimum Gasteiger partial charge on any atom is -0.477 e. The van der Waals surface area contributed by atoms with Gasteiger partial charge in [-0.15, -0.1) is 11.8 Å². The second-order valence-corrected chi connectivity index (χ2v) is 9.75. The lowest BCUT2D eigenvalue weighted by Crippen LogP contribution is -2.35. The first-order valence-electron chi connectivity index (χ1n) is 12.3. The predicted molar refractivity (Wildman–Crippen MR) is 139 cm³/mol. The van der Waals surface area contributed by atoms with E-state index in [0.717, 1.165) is 82.5 Å². The third-order valence-electron chi connectivity index (χ3n) is 6.05. The van der Waals surface area contributed by atoms with Crippen LogP contribution in [0.4, 0.5) is 13.2 Å². The van der Waals surface area contributed by atoms with Crippen LogP contribution in [-0.2, 0) is 17.4 Å². The first-order chi connectivity index (χ1) is 16.7. The van der Waals surface area contributed by atoms with E-state index in [4.69, 9.17) is 10.2 Å². The Morgan fingerprint density at radius 3 is 2.40 bits per heavy atom. The number of hydrogen-bond donors (Lipinski definition) is 2. The largest absolute Gasteiger partial charge is 0.477 e. The highest BCUT2D eigenvalue weighted by molar-refractivity contribution is 8.04. The normalized spacial score (nSPS) is 14.6. The van der Waals surface area contributed by atoms with Crippen LogP contribution in [-0.4, -0.2) is 53.1 Å². The van der Waals surface area contributed by atoms with Crippen molar-refractivity contribution in [2.45, 2.75) is 77.4 Å². The van der Waals surface area contributed by atoms with Gasteiger partial charge in [-0.1, -0.05) is 49.6 Å². The molecule has 2 rings (SSSR count). The number of rotatable bonds is 14. The van der Waals surface area contributed by atoms with Crippen LogP contribution >= 0.6 is 11.8 Å². The molecule has 1 aromatic rings. The van der Waals surface area contributed by atoms with Crippen LogP contribution in [0.5, 0.6) is 0 Å². The molecule has 2 N–H and O–H groups in total. The summed E-state index contributed by atoms with van der Waals surface area (Å²) in [7, 11) is 1.00. The number of benzene rings is 1. The Kier molecular flexibility index (Phi) is 15.0. The topological polar surface area (TPSA) is 60.8 Å². The van der Waals surface area contributed by atoms with E-state index in [0.29, 0.717) is 17.4 Å². The Morgan fingerprint density at radius 2 is 1.80 bits per heavy atom. The third-order valence-corrected chi connectivity index (χ3v) is 7.19. The van der Waals surface area contributed by atoms with Crippen molar-refractivity contribution in [3.05, 3.63) is 58.0 Å². The maximum absolute atomic E-state index is 12.9. The maximum atomic E-state index is 12.9. The number of allylic oxidation sites excluding steroid dienone is 2. The minimum atomic E-state index is -4.29. The number of alkyl halides is 3. The molecule has 35 heavy (non-hydrogen) atoms. The zero-order valence-electron chi connectivity index (χ0n) is 21.1. The summed E-state index contributed by atoms with van der Waals surface area (Å²) in [5.74, 6) is -0.110. The molecule has 0 saturated carbocycles. The first kappa shape index (κ1) is 31.3. The number of carboxylic acids is 1. The average Bonchev–Trinajstić information content (AvgIpc) is 2.85. The number of thioether (sulfide) groups is 1. The van der Waals surface area contributed by atoms with E-state index >= 15 is 0 Å². The van der Waals surface area contributed by atoms with Crippen LogP contribution < -0.4 is 0 Å². The van der Waals surface area contributed by atoms with E-state index in [-0.39, 0.29) is 0 Å². The van der Waals surface area contributed by atoms with Gasteiger partial charge in [0.2, 0.25) is 0 Å². The zero-order chi connectivity index (χ0) is 26.3. The van der Waals surface area contributed by atoms with E-state index in [1.165, 1.54) is 29.5 Å². The molecule has 1 heterocycles. The van der Waals surface area contributed by atoms with Gasteiger partial charge in [0.1, 0.15) is 0 Å². The number of carbonyl (C=O) groups is 1. The molecule has 198 valence electrons. The molecule has 1 atom stereocenters. The van der Waals surface area contributed by atoms with Crippen LogP contribution in [0.2, 0.25) is 0 Å². The number of nitrogens with zero attached hydrogens (tertiary/aromatic N) is 1. The number of halogens is 3. The SMILES string of the molecule is CCCCN(CCCC1=CC=C(C(=O)O)SC1)C(C)CCCCc1cccc(C(F)(F)F)c1.CO. The van der Waals surface area contributed by atoms with Gasteiger partial charge in [0, 0.05) is 18.9 Å². The first-order valence-corrected chi connectivity index (χ1v) is 13.3. The highest BCUT2D eigenvalue weighted by Crippen LogP contribution is 2.30. The third kappa shape index (κ3) is 12.2. The Bertz CT molecular complexity index is 824. The monoisotopic (exact) mass is 515 g/mol. The molecular weight excluding hydrogens is 475 g/mol. The molecule has 0 amide bonds. The van der Waals surface area contributed by atoms with Gasteiger partial charge in [-0.05, 0) is 76.2 Å². The zero-order valence-corrected chi connectivity index (χ0v) is 21.9. The molecule has 0 radical (unpaired) electrons. The molecule has 1 aliphatic rings. The Morgan fingerprint density at radius 1 is 1.09 bits per heavy atom. The highest BCUT2D eigenvalue weighted by atomic mass is 32.2. The van der Waals surface area contributed by atoms with Gasteiger partial charge in [-0.25, -0.2) is 4.79 Å². The van der Waals surface area contributed by atoms with Gasteiger partial charge in [-0.3, -0.25) is 0 Å². The number of aliphatic hydroxyl groups is 1. The molecule has 1 unspecified atom stereocenters. The number of aryl methyl sites for hydroxylation is 1. The van der Waals surface area contributed by atoms with Crippen LogP contribution in [0.15, 0.2) is 46.9 Å². The van der Waals surface area contributed by atoms with E-state index < -0.39 is 17.7 Å². The molecule has 0 saturated heterocycles. The number of hydrogen-bond acceptors (Lipinski definition) is 4. The van der Waals surface area contributed by atoms with E-state index in [9.17, 15) is 18.0 Å². The van der Waals surface area contributed by atoms with Crippen molar-refractivity contribution in [1.29, 1.82) is 0 Å². The fourth-order valence-corrected chi connectivity index (χ4v) is 4.90. The van der Waals surface area contributed by atoms with Gasteiger partial charge < -0.3 is 15.1 Å². The number of aliphatic carboxylic acids is 1. The summed E-state index contributed by atoms with van der Waals surface area (Å²) in [6.45, 7) is 6.50. The fourth-order valence-electron chi connectivity index (χ4n) is 4.03. The molecule has 8 heteroatoms. The smallest absolute Gasteiger partial charge is 0.416 e. The van der Waals surface area contributed by atoms with Crippen LogP contribution in [0.1, 0.15) is 69.9 Å². The summed E-state index contributed by atoms with van der Waals surface area (Å²) >= 11 is 1.39. The minimum absolute atomic E-state index is 0.405. The van der Waals surface area contributed by atoms with Crippen molar-refractivity contribution in [2.24, 2.45) is 0 Å². The van der Waals surface area contributed by atoms with Gasteiger partial charge >= 0.3 is 12.1 Å². The Labute approximate surface area is 212 Å². The predicted octanol–water partition coefficient (Wildman–Crippen LogP) is 6.94. The van der Waals surface area contributed by atoms with Gasteiger partial charge in [-0.2, -0.15) is 13.2 Å². The molecule has 0 aromatic heterocycles. The molecule has 0 bridgehead atoms. The second-order valence-electron chi connectivity index (χ2n) is 8.74. The van der Waals surface area contributed by atoms with Crippen molar-refractivity contribution in [3.63, 3.8) is 0 Å². The van der Waals surface area contributed by atoms with E-state index in [1.54, 1.807) is 12.1 Å². The highest BCUT2D eigenvalue weighted by Gasteiger charge is 2.30. The summed E-state index contributed by atoms with van der Waals surface area (Å²) in [5, 5.41) is 16.0. The van der Waals surface area contributed by atoms with E-state index in [2.05, 4.69) is 18.7 Å². The summed E-state index contributed by atoms with van der Waals surface area (Å²) in [5.41, 5.74) is 1.47. The second kappa shape index (κ2) is 16.8. The van der Waals surface area contributed by atoms with Crippen LogP contribution in [0.25, 0.3) is 0 Å². The molecule has 4 nitrogen and oxygen atoms in total. The Hall–Kier alpha value is -1.77. The number of aliphatic hydroxyl groups excluding tert-OH is 1. The summed E-state index contributed by atoms with van der Waals surface area (Å²) < 4.78 is 38.7. The summed E-state index contributed by atoms with van der Waals surface area (Å²) in [6.07, 6.45) is 7.26. The van der Waals surface area contributed by atoms with Gasteiger partial charge in [0.25, 0.3) is 0 Å². The quantitative estimate of drug-likeness (QED) is 0.263. The van der Waals surface area contributed by atoms with Crippen LogP contribution in [0.3, 0.4) is 0 Å². The molecule has 1 aromatic carbocycles. The maximum Gasteiger partial charge on any atom is 0.416 e. The summed E-state index contributed by atoms with van der Waals surface area (Å²) in [6, 6.07) is 6.10. The van der Waals surface area contributed by atoms with Crippen molar-refractivity contribution >= 4 is 17.7 Å². The lowest BCUT2D eigenvalue weighted by atomic mass is 10.0. The fraction of sp³-hybridized carbons (Fsp3) is 0.593.